The highest BCUT2D eigenvalue weighted by Gasteiger charge is 2.13. The lowest BCUT2D eigenvalue weighted by molar-refractivity contribution is 0.0950. The molecule has 5 rings (SSSR count). The quantitative estimate of drug-likeness (QED) is 0.357. The summed E-state index contributed by atoms with van der Waals surface area (Å²) in [6.07, 6.45) is 7.16. The number of aryl methyl sites for hydroxylation is 1. The molecule has 0 aliphatic carbocycles. The molecule has 0 saturated heterocycles. The molecule has 6 nitrogen and oxygen atoms in total. The largest absolute Gasteiger partial charge is 0.463 e. The van der Waals surface area contributed by atoms with Crippen LogP contribution in [0.1, 0.15) is 27.2 Å². The van der Waals surface area contributed by atoms with Gasteiger partial charge in [0.25, 0.3) is 5.91 Å². The van der Waals surface area contributed by atoms with Gasteiger partial charge in [0, 0.05) is 25.5 Å². The van der Waals surface area contributed by atoms with Gasteiger partial charge in [-0.2, -0.15) is 0 Å². The van der Waals surface area contributed by atoms with Gasteiger partial charge in [-0.05, 0) is 53.4 Å². The molecule has 0 radical (unpaired) electrons. The molecule has 0 unspecified atom stereocenters. The summed E-state index contributed by atoms with van der Waals surface area (Å²) in [4.78, 5) is 21.5. The first-order valence-corrected chi connectivity index (χ1v) is 11.1. The van der Waals surface area contributed by atoms with Crippen molar-refractivity contribution in [2.24, 2.45) is 0 Å². The molecule has 2 aromatic carbocycles. The van der Waals surface area contributed by atoms with Crippen LogP contribution in [-0.2, 0) is 13.1 Å². The molecule has 34 heavy (non-hydrogen) atoms. The van der Waals surface area contributed by atoms with Crippen LogP contribution in [0.3, 0.4) is 0 Å². The molecule has 0 spiro atoms. The fraction of sp³-hybridized carbons (Fsp3) is 0.107. The van der Waals surface area contributed by atoms with Crippen molar-refractivity contribution in [3.05, 3.63) is 120 Å². The molecule has 0 bridgehead atoms. The molecule has 3 heterocycles. The molecule has 168 valence electrons. The van der Waals surface area contributed by atoms with Crippen LogP contribution in [0.25, 0.3) is 22.6 Å². The molecule has 6 heteroatoms. The zero-order chi connectivity index (χ0) is 23.3. The van der Waals surface area contributed by atoms with Gasteiger partial charge in [0.1, 0.15) is 5.69 Å². The third-order valence-corrected chi connectivity index (χ3v) is 5.75. The van der Waals surface area contributed by atoms with Crippen molar-refractivity contribution in [1.82, 2.24) is 19.9 Å². The van der Waals surface area contributed by atoms with Crippen molar-refractivity contribution in [2.45, 2.75) is 20.0 Å². The van der Waals surface area contributed by atoms with Crippen LogP contribution in [0.2, 0.25) is 0 Å². The molecule has 0 atom stereocenters. The van der Waals surface area contributed by atoms with Crippen LogP contribution in [0.4, 0.5) is 0 Å². The molecule has 0 fully saturated rings. The zero-order valence-electron chi connectivity index (χ0n) is 18.8. The van der Waals surface area contributed by atoms with Crippen LogP contribution in [0.5, 0.6) is 0 Å². The van der Waals surface area contributed by atoms with Crippen LogP contribution >= 0.6 is 0 Å². The van der Waals surface area contributed by atoms with Crippen molar-refractivity contribution in [3.8, 4) is 22.6 Å². The van der Waals surface area contributed by atoms with E-state index in [2.05, 4.69) is 45.6 Å². The zero-order valence-corrected chi connectivity index (χ0v) is 18.8. The summed E-state index contributed by atoms with van der Waals surface area (Å²) in [7, 11) is 0. The summed E-state index contributed by atoms with van der Waals surface area (Å²) in [5, 5.41) is 3.05. The number of nitrogens with zero attached hydrogens (tertiary/aromatic N) is 3. The Kier molecular flexibility index (Phi) is 6.03. The monoisotopic (exact) mass is 448 g/mol. The molecule has 1 N–H and O–H groups in total. The maximum absolute atomic E-state index is 12.9. The van der Waals surface area contributed by atoms with E-state index in [-0.39, 0.29) is 5.91 Å². The number of carbonyl (C=O) groups excluding carboxylic acids is 1. The predicted octanol–water partition coefficient (Wildman–Crippen LogP) is 5.49. The number of pyridine rings is 1. The Bertz CT molecular complexity index is 1390. The highest BCUT2D eigenvalue weighted by molar-refractivity contribution is 5.95. The number of rotatable bonds is 7. The minimum absolute atomic E-state index is 0.151. The molecule has 0 aliphatic rings. The Morgan fingerprint density at radius 1 is 1.00 bits per heavy atom. The number of imidazole rings is 1. The second kappa shape index (κ2) is 9.58. The van der Waals surface area contributed by atoms with Gasteiger partial charge >= 0.3 is 0 Å². The van der Waals surface area contributed by atoms with Gasteiger partial charge in [0.05, 0.1) is 23.8 Å². The maximum Gasteiger partial charge on any atom is 0.253 e. The highest BCUT2D eigenvalue weighted by Crippen LogP contribution is 2.25. The molecule has 3 aromatic heterocycles. The van der Waals surface area contributed by atoms with Crippen molar-refractivity contribution in [1.29, 1.82) is 0 Å². The molecular weight excluding hydrogens is 424 g/mol. The number of furan rings is 1. The molecular formula is C28H24N4O2. The summed E-state index contributed by atoms with van der Waals surface area (Å²) >= 11 is 0. The Hall–Kier alpha value is -4.45. The normalized spacial score (nSPS) is 10.9. The standard InChI is InChI=1S/C28H24N4O2/c1-20-24(12-13-26(31-20)27-7-4-16-34-27)28(33)30-17-23-5-2-3-6-25(23)22-10-8-21(9-11-22)18-32-15-14-29-19-32/h2-16,19H,17-18H2,1H3,(H,30,33). The smallest absolute Gasteiger partial charge is 0.253 e. The second-order valence-electron chi connectivity index (χ2n) is 8.08. The number of nitrogens with one attached hydrogen (secondary N) is 1. The lowest BCUT2D eigenvalue weighted by Gasteiger charge is -2.13. The lowest BCUT2D eigenvalue weighted by atomic mass is 9.98. The maximum atomic E-state index is 12.9. The number of hydrogen-bond acceptors (Lipinski definition) is 4. The van der Waals surface area contributed by atoms with Crippen LogP contribution in [0.15, 0.2) is 102 Å². The van der Waals surface area contributed by atoms with Gasteiger partial charge in [0.15, 0.2) is 5.76 Å². The first kappa shape index (κ1) is 21.4. The summed E-state index contributed by atoms with van der Waals surface area (Å²) in [5.41, 5.74) is 6.38. The average Bonchev–Trinajstić information content (AvgIpc) is 3.58. The Labute approximate surface area is 197 Å². The van der Waals surface area contributed by atoms with Crippen LogP contribution < -0.4 is 5.32 Å². The van der Waals surface area contributed by atoms with Crippen molar-refractivity contribution in [3.63, 3.8) is 0 Å². The second-order valence-corrected chi connectivity index (χ2v) is 8.08. The lowest BCUT2D eigenvalue weighted by Crippen LogP contribution is -2.24. The predicted molar refractivity (Wildman–Crippen MR) is 131 cm³/mol. The minimum atomic E-state index is -0.151. The van der Waals surface area contributed by atoms with Crippen molar-refractivity contribution >= 4 is 5.91 Å². The minimum Gasteiger partial charge on any atom is -0.463 e. The Morgan fingerprint density at radius 3 is 2.59 bits per heavy atom. The van der Waals surface area contributed by atoms with Crippen molar-refractivity contribution in [2.75, 3.05) is 0 Å². The van der Waals surface area contributed by atoms with Crippen LogP contribution in [0, 0.1) is 6.92 Å². The van der Waals surface area contributed by atoms with Gasteiger partial charge in [-0.1, -0.05) is 48.5 Å². The van der Waals surface area contributed by atoms with Gasteiger partial charge in [-0.25, -0.2) is 9.97 Å². The average molecular weight is 449 g/mol. The first-order valence-electron chi connectivity index (χ1n) is 11.1. The van der Waals surface area contributed by atoms with E-state index in [0.717, 1.165) is 23.2 Å². The number of amides is 1. The summed E-state index contributed by atoms with van der Waals surface area (Å²) < 4.78 is 7.44. The molecule has 1 amide bonds. The van der Waals surface area contributed by atoms with E-state index in [0.29, 0.717) is 29.3 Å². The van der Waals surface area contributed by atoms with Gasteiger partial charge in [0.2, 0.25) is 0 Å². The third kappa shape index (κ3) is 4.66. The van der Waals surface area contributed by atoms with Gasteiger partial charge in [-0.15, -0.1) is 0 Å². The van der Waals surface area contributed by atoms with E-state index in [1.165, 1.54) is 5.56 Å². The summed E-state index contributed by atoms with van der Waals surface area (Å²) in [6.45, 7) is 3.04. The third-order valence-electron chi connectivity index (χ3n) is 5.75. The summed E-state index contributed by atoms with van der Waals surface area (Å²) in [6, 6.07) is 23.9. The molecule has 0 saturated carbocycles. The topological polar surface area (TPSA) is 73.0 Å². The van der Waals surface area contributed by atoms with E-state index in [1.807, 2.05) is 54.3 Å². The Morgan fingerprint density at radius 2 is 1.85 bits per heavy atom. The fourth-order valence-corrected chi connectivity index (χ4v) is 3.97. The SMILES string of the molecule is Cc1nc(-c2ccco2)ccc1C(=O)NCc1ccccc1-c1ccc(Cn2ccnc2)cc1. The van der Waals surface area contributed by atoms with Gasteiger partial charge in [-0.3, -0.25) is 4.79 Å². The Balaban J connectivity index is 1.29. The summed E-state index contributed by atoms with van der Waals surface area (Å²) in [5.74, 6) is 0.529. The molecule has 0 aliphatic heterocycles. The first-order chi connectivity index (χ1) is 16.7. The van der Waals surface area contributed by atoms with Crippen molar-refractivity contribution < 1.29 is 9.21 Å². The number of carbonyl (C=O) groups is 1. The van der Waals surface area contributed by atoms with E-state index < -0.39 is 0 Å². The number of benzene rings is 2. The molecule has 5 aromatic rings. The van der Waals surface area contributed by atoms with E-state index in [9.17, 15) is 4.79 Å². The van der Waals surface area contributed by atoms with Gasteiger partial charge < -0.3 is 14.3 Å². The van der Waals surface area contributed by atoms with E-state index in [1.54, 1.807) is 24.6 Å². The number of aromatic nitrogens is 3. The van der Waals surface area contributed by atoms with Crippen LogP contribution in [-0.4, -0.2) is 20.4 Å². The van der Waals surface area contributed by atoms with E-state index in [4.69, 9.17) is 4.42 Å². The number of hydrogen-bond donors (Lipinski definition) is 1. The fourth-order valence-electron chi connectivity index (χ4n) is 3.97. The highest BCUT2D eigenvalue weighted by atomic mass is 16.3. The van der Waals surface area contributed by atoms with E-state index >= 15 is 0 Å².